The number of rotatable bonds is 5. The Kier molecular flexibility index (Phi) is 6.86. The molecule has 0 aromatic rings. The fourth-order valence-electron chi connectivity index (χ4n) is 2.97. The zero-order valence-corrected chi connectivity index (χ0v) is 15.3. The van der Waals surface area contributed by atoms with Crippen molar-refractivity contribution in [1.29, 1.82) is 0 Å². The van der Waals surface area contributed by atoms with Gasteiger partial charge in [0.25, 0.3) is 0 Å². The van der Waals surface area contributed by atoms with Crippen LogP contribution >= 0.6 is 0 Å². The van der Waals surface area contributed by atoms with E-state index in [1.54, 1.807) is 4.90 Å². The summed E-state index contributed by atoms with van der Waals surface area (Å²) >= 11 is 0. The summed E-state index contributed by atoms with van der Waals surface area (Å²) in [7, 11) is 0. The quantitative estimate of drug-likeness (QED) is 0.811. The lowest BCUT2D eigenvalue weighted by Gasteiger charge is -2.41. The second-order valence-electron chi connectivity index (χ2n) is 7.75. The summed E-state index contributed by atoms with van der Waals surface area (Å²) < 4.78 is 5.50. The van der Waals surface area contributed by atoms with Gasteiger partial charge in [-0.2, -0.15) is 0 Å². The molecular weight excluding hydrogens is 296 g/mol. The standard InChI is InChI=1S/C17H32N2O4/c1-11(2)14(15(20)21)18-12(3)13-9-7-8-10-19(13)16(22)23-17(4,5)6/h11-14,18H,7-10H2,1-6H3,(H,20,21). The average molecular weight is 328 g/mol. The molecule has 0 aromatic heterocycles. The van der Waals surface area contributed by atoms with Crippen molar-refractivity contribution in [2.75, 3.05) is 6.54 Å². The third-order valence-electron chi connectivity index (χ3n) is 4.13. The van der Waals surface area contributed by atoms with E-state index in [0.29, 0.717) is 6.54 Å². The maximum absolute atomic E-state index is 12.4. The first-order valence-electron chi connectivity index (χ1n) is 8.51. The highest BCUT2D eigenvalue weighted by Crippen LogP contribution is 2.23. The number of ether oxygens (including phenoxy) is 1. The number of carboxylic acid groups (broad SMARTS) is 1. The van der Waals surface area contributed by atoms with Gasteiger partial charge in [0.1, 0.15) is 11.6 Å². The smallest absolute Gasteiger partial charge is 0.410 e. The summed E-state index contributed by atoms with van der Waals surface area (Å²) in [5.74, 6) is -0.875. The van der Waals surface area contributed by atoms with Crippen LogP contribution in [-0.2, 0) is 9.53 Å². The molecule has 6 nitrogen and oxygen atoms in total. The molecule has 1 fully saturated rings. The lowest BCUT2D eigenvalue weighted by molar-refractivity contribution is -0.141. The Labute approximate surface area is 139 Å². The highest BCUT2D eigenvalue weighted by molar-refractivity contribution is 5.74. The fourth-order valence-corrected chi connectivity index (χ4v) is 2.97. The molecule has 0 bridgehead atoms. The van der Waals surface area contributed by atoms with Crippen LogP contribution < -0.4 is 5.32 Å². The van der Waals surface area contributed by atoms with Gasteiger partial charge in [-0.1, -0.05) is 13.8 Å². The maximum Gasteiger partial charge on any atom is 0.410 e. The van der Waals surface area contributed by atoms with Crippen molar-refractivity contribution in [3.05, 3.63) is 0 Å². The summed E-state index contributed by atoms with van der Waals surface area (Å²) in [6, 6.07) is -0.766. The molecular formula is C17H32N2O4. The number of hydrogen-bond acceptors (Lipinski definition) is 4. The minimum absolute atomic E-state index is 0.0199. The molecule has 1 amide bonds. The summed E-state index contributed by atoms with van der Waals surface area (Å²) in [6.07, 6.45) is 2.54. The van der Waals surface area contributed by atoms with Crippen LogP contribution in [0.3, 0.4) is 0 Å². The van der Waals surface area contributed by atoms with Crippen molar-refractivity contribution in [2.24, 2.45) is 5.92 Å². The fraction of sp³-hybridized carbons (Fsp3) is 0.882. The van der Waals surface area contributed by atoms with E-state index >= 15 is 0 Å². The Morgan fingerprint density at radius 1 is 1.22 bits per heavy atom. The zero-order chi connectivity index (χ0) is 17.8. The summed E-state index contributed by atoms with van der Waals surface area (Å²) in [5.41, 5.74) is -0.530. The van der Waals surface area contributed by atoms with Crippen LogP contribution in [0.25, 0.3) is 0 Å². The van der Waals surface area contributed by atoms with Crippen LogP contribution in [0.2, 0.25) is 0 Å². The van der Waals surface area contributed by atoms with Crippen LogP contribution in [0.4, 0.5) is 4.79 Å². The predicted molar refractivity (Wildman–Crippen MR) is 89.4 cm³/mol. The summed E-state index contributed by atoms with van der Waals surface area (Å²) in [6.45, 7) is 11.9. The number of aliphatic carboxylic acids is 1. The van der Waals surface area contributed by atoms with Crippen molar-refractivity contribution in [1.82, 2.24) is 10.2 Å². The van der Waals surface area contributed by atoms with Crippen LogP contribution in [0.5, 0.6) is 0 Å². The molecule has 0 aliphatic carbocycles. The topological polar surface area (TPSA) is 78.9 Å². The molecule has 6 heteroatoms. The lowest BCUT2D eigenvalue weighted by atomic mass is 9.95. The van der Waals surface area contributed by atoms with E-state index in [-0.39, 0.29) is 24.1 Å². The molecule has 0 saturated carbocycles. The van der Waals surface area contributed by atoms with Gasteiger partial charge in [-0.05, 0) is 52.9 Å². The van der Waals surface area contributed by atoms with E-state index in [1.165, 1.54) is 0 Å². The number of nitrogens with zero attached hydrogens (tertiary/aromatic N) is 1. The number of hydrogen-bond donors (Lipinski definition) is 2. The Balaban J connectivity index is 2.80. The number of amides is 1. The van der Waals surface area contributed by atoms with E-state index in [0.717, 1.165) is 19.3 Å². The van der Waals surface area contributed by atoms with E-state index in [9.17, 15) is 14.7 Å². The largest absolute Gasteiger partial charge is 0.480 e. The van der Waals surface area contributed by atoms with Crippen molar-refractivity contribution < 1.29 is 19.4 Å². The van der Waals surface area contributed by atoms with E-state index < -0.39 is 17.6 Å². The van der Waals surface area contributed by atoms with Gasteiger partial charge in [0.05, 0.1) is 6.04 Å². The highest BCUT2D eigenvalue weighted by Gasteiger charge is 2.35. The van der Waals surface area contributed by atoms with Gasteiger partial charge in [0.15, 0.2) is 0 Å². The molecule has 2 N–H and O–H groups in total. The Hall–Kier alpha value is -1.30. The average Bonchev–Trinajstić information content (AvgIpc) is 2.41. The highest BCUT2D eigenvalue weighted by atomic mass is 16.6. The SMILES string of the molecule is CC(C)C(NC(C)C1CCCCN1C(=O)OC(C)(C)C)C(=O)O. The number of nitrogens with one attached hydrogen (secondary N) is 1. The number of likely N-dealkylation sites (tertiary alicyclic amines) is 1. The second kappa shape index (κ2) is 7.99. The third-order valence-corrected chi connectivity index (χ3v) is 4.13. The minimum Gasteiger partial charge on any atom is -0.480 e. The molecule has 3 unspecified atom stereocenters. The lowest BCUT2D eigenvalue weighted by Crippen LogP contribution is -2.57. The summed E-state index contributed by atoms with van der Waals surface area (Å²) in [4.78, 5) is 25.6. The first kappa shape index (κ1) is 19.7. The van der Waals surface area contributed by atoms with Gasteiger partial charge < -0.3 is 14.7 Å². The molecule has 1 aliphatic heterocycles. The molecule has 1 saturated heterocycles. The molecule has 1 rings (SSSR count). The van der Waals surface area contributed by atoms with Crippen molar-refractivity contribution in [2.45, 2.75) is 84.5 Å². The van der Waals surface area contributed by atoms with Gasteiger partial charge >= 0.3 is 12.1 Å². The Morgan fingerprint density at radius 3 is 2.30 bits per heavy atom. The molecule has 0 radical (unpaired) electrons. The number of carbonyl (C=O) groups excluding carboxylic acids is 1. The van der Waals surface area contributed by atoms with Crippen LogP contribution in [0, 0.1) is 5.92 Å². The molecule has 0 aromatic carbocycles. The molecule has 0 spiro atoms. The summed E-state index contributed by atoms with van der Waals surface area (Å²) in [5, 5.41) is 12.5. The molecule has 3 atom stereocenters. The van der Waals surface area contributed by atoms with Gasteiger partial charge in [0, 0.05) is 12.6 Å². The molecule has 1 heterocycles. The van der Waals surface area contributed by atoms with Crippen LogP contribution in [-0.4, -0.2) is 52.3 Å². The van der Waals surface area contributed by atoms with Crippen molar-refractivity contribution in [3.8, 4) is 0 Å². The molecule has 1 aliphatic rings. The first-order valence-corrected chi connectivity index (χ1v) is 8.51. The Morgan fingerprint density at radius 2 is 1.83 bits per heavy atom. The molecule has 134 valence electrons. The monoisotopic (exact) mass is 328 g/mol. The third kappa shape index (κ3) is 6.01. The Bertz CT molecular complexity index is 417. The van der Waals surface area contributed by atoms with Gasteiger partial charge in [0.2, 0.25) is 0 Å². The van der Waals surface area contributed by atoms with Crippen LogP contribution in [0.1, 0.15) is 60.8 Å². The maximum atomic E-state index is 12.4. The van der Waals surface area contributed by atoms with E-state index in [4.69, 9.17) is 4.74 Å². The van der Waals surface area contributed by atoms with Crippen molar-refractivity contribution >= 4 is 12.1 Å². The van der Waals surface area contributed by atoms with Crippen molar-refractivity contribution in [3.63, 3.8) is 0 Å². The van der Waals surface area contributed by atoms with Gasteiger partial charge in [-0.3, -0.25) is 10.1 Å². The van der Waals surface area contributed by atoms with Crippen LogP contribution in [0.15, 0.2) is 0 Å². The number of carboxylic acids is 1. The minimum atomic E-state index is -0.855. The van der Waals surface area contributed by atoms with E-state index in [2.05, 4.69) is 5.32 Å². The normalized spacial score (nSPS) is 21.9. The second-order valence-corrected chi connectivity index (χ2v) is 7.75. The number of piperidine rings is 1. The van der Waals surface area contributed by atoms with Gasteiger partial charge in [-0.25, -0.2) is 4.79 Å². The first-order chi connectivity index (χ1) is 10.5. The zero-order valence-electron chi connectivity index (χ0n) is 15.3. The molecule has 23 heavy (non-hydrogen) atoms. The van der Waals surface area contributed by atoms with Gasteiger partial charge in [-0.15, -0.1) is 0 Å². The number of carbonyl (C=O) groups is 2. The predicted octanol–water partition coefficient (Wildman–Crippen LogP) is 2.86. The van der Waals surface area contributed by atoms with E-state index in [1.807, 2.05) is 41.5 Å².